The number of hydrogen-bond acceptors (Lipinski definition) is 1. The van der Waals surface area contributed by atoms with Gasteiger partial charge >= 0.3 is 0 Å². The van der Waals surface area contributed by atoms with Gasteiger partial charge in [-0.15, -0.1) is 0 Å². The van der Waals surface area contributed by atoms with Gasteiger partial charge in [-0.05, 0) is 48.1 Å². The maximum atomic E-state index is 13.4. The number of nitrogens with two attached hydrogens (primary N) is 1. The fourth-order valence-corrected chi connectivity index (χ4v) is 1.67. The van der Waals surface area contributed by atoms with E-state index < -0.39 is 0 Å². The Balaban J connectivity index is 2.98. The first kappa shape index (κ1) is 12.2. The van der Waals surface area contributed by atoms with Gasteiger partial charge in [0.1, 0.15) is 5.82 Å². The van der Waals surface area contributed by atoms with Crippen LogP contribution in [0.5, 0.6) is 0 Å². The number of benzene rings is 1. The van der Waals surface area contributed by atoms with E-state index in [1.54, 1.807) is 12.1 Å². The van der Waals surface area contributed by atoms with E-state index in [2.05, 4.69) is 26.8 Å². The fourth-order valence-electron chi connectivity index (χ4n) is 1.67. The van der Waals surface area contributed by atoms with E-state index in [1.807, 2.05) is 0 Å². The predicted octanol–water partition coefficient (Wildman–Crippen LogP) is 3.40. The zero-order valence-corrected chi connectivity index (χ0v) is 9.76. The first-order valence-corrected chi connectivity index (χ1v) is 5.55. The lowest BCUT2D eigenvalue weighted by molar-refractivity contribution is 0.611. The van der Waals surface area contributed by atoms with Crippen molar-refractivity contribution in [3.8, 4) is 0 Å². The molecule has 0 bridgehead atoms. The molecule has 1 rings (SSSR count). The van der Waals surface area contributed by atoms with Gasteiger partial charge in [-0.25, -0.2) is 4.39 Å². The molecule has 0 aliphatic rings. The van der Waals surface area contributed by atoms with Crippen molar-refractivity contribution in [2.45, 2.75) is 39.0 Å². The monoisotopic (exact) mass is 209 g/mol. The van der Waals surface area contributed by atoms with E-state index in [0.29, 0.717) is 18.4 Å². The minimum Gasteiger partial charge on any atom is -0.330 e. The van der Waals surface area contributed by atoms with Crippen molar-refractivity contribution >= 4 is 0 Å². The molecule has 0 aliphatic heterocycles. The van der Waals surface area contributed by atoms with Crippen LogP contribution >= 0.6 is 0 Å². The highest BCUT2D eigenvalue weighted by Gasteiger charge is 2.09. The van der Waals surface area contributed by atoms with Crippen LogP contribution < -0.4 is 5.73 Å². The van der Waals surface area contributed by atoms with Crippen molar-refractivity contribution in [3.05, 3.63) is 35.1 Å². The third kappa shape index (κ3) is 3.31. The Hall–Kier alpha value is -0.890. The van der Waals surface area contributed by atoms with Crippen LogP contribution in [0.4, 0.5) is 4.39 Å². The summed E-state index contributed by atoms with van der Waals surface area (Å²) in [6.07, 6.45) is 0.904. The SMILES string of the molecule is CC(C)c1cc(F)cc(C(C)CCN)c1. The first-order valence-electron chi connectivity index (χ1n) is 5.55. The largest absolute Gasteiger partial charge is 0.330 e. The van der Waals surface area contributed by atoms with Crippen molar-refractivity contribution < 1.29 is 4.39 Å². The molecule has 1 unspecified atom stereocenters. The van der Waals surface area contributed by atoms with Crippen molar-refractivity contribution in [1.29, 1.82) is 0 Å². The molecule has 15 heavy (non-hydrogen) atoms. The van der Waals surface area contributed by atoms with Crippen molar-refractivity contribution in [2.24, 2.45) is 5.73 Å². The summed E-state index contributed by atoms with van der Waals surface area (Å²) in [6, 6.07) is 5.32. The minimum absolute atomic E-state index is 0.139. The molecule has 0 heterocycles. The van der Waals surface area contributed by atoms with Gasteiger partial charge in [0.05, 0.1) is 0 Å². The first-order chi connectivity index (χ1) is 7.04. The predicted molar refractivity (Wildman–Crippen MR) is 62.6 cm³/mol. The maximum absolute atomic E-state index is 13.4. The Morgan fingerprint density at radius 2 is 1.73 bits per heavy atom. The zero-order chi connectivity index (χ0) is 11.4. The number of hydrogen-bond donors (Lipinski definition) is 1. The van der Waals surface area contributed by atoms with Gasteiger partial charge in [0.2, 0.25) is 0 Å². The van der Waals surface area contributed by atoms with E-state index in [9.17, 15) is 4.39 Å². The molecule has 0 amide bonds. The van der Waals surface area contributed by atoms with E-state index in [1.165, 1.54) is 0 Å². The van der Waals surface area contributed by atoms with Crippen LogP contribution in [-0.4, -0.2) is 6.54 Å². The molecule has 1 atom stereocenters. The summed E-state index contributed by atoms with van der Waals surface area (Å²) < 4.78 is 13.4. The molecule has 1 nitrogen and oxygen atoms in total. The summed E-state index contributed by atoms with van der Waals surface area (Å²) in [4.78, 5) is 0. The third-order valence-electron chi connectivity index (χ3n) is 2.78. The molecule has 84 valence electrons. The molecule has 0 aromatic heterocycles. The van der Waals surface area contributed by atoms with E-state index in [-0.39, 0.29) is 5.82 Å². The molecule has 0 saturated carbocycles. The Kier molecular flexibility index (Phi) is 4.28. The highest BCUT2D eigenvalue weighted by Crippen LogP contribution is 2.24. The molecule has 1 aromatic carbocycles. The molecule has 0 spiro atoms. The summed E-state index contributed by atoms with van der Waals surface area (Å²) in [6.45, 7) is 6.89. The highest BCUT2D eigenvalue weighted by atomic mass is 19.1. The summed E-state index contributed by atoms with van der Waals surface area (Å²) in [7, 11) is 0. The Labute approximate surface area is 91.5 Å². The van der Waals surface area contributed by atoms with Crippen LogP contribution in [0.15, 0.2) is 18.2 Å². The average Bonchev–Trinajstić information content (AvgIpc) is 2.17. The van der Waals surface area contributed by atoms with Crippen LogP contribution in [0.25, 0.3) is 0 Å². The molecule has 0 fully saturated rings. The number of halogens is 1. The second-order valence-electron chi connectivity index (χ2n) is 4.45. The quantitative estimate of drug-likeness (QED) is 0.808. The van der Waals surface area contributed by atoms with Gasteiger partial charge in [0.25, 0.3) is 0 Å². The molecule has 0 radical (unpaired) electrons. The normalized spacial score (nSPS) is 13.2. The fraction of sp³-hybridized carbons (Fsp3) is 0.538. The maximum Gasteiger partial charge on any atom is 0.123 e. The summed E-state index contributed by atoms with van der Waals surface area (Å²) in [5, 5.41) is 0. The van der Waals surface area contributed by atoms with Crippen LogP contribution in [0.3, 0.4) is 0 Å². The van der Waals surface area contributed by atoms with Gasteiger partial charge in [-0.1, -0.05) is 26.8 Å². The zero-order valence-electron chi connectivity index (χ0n) is 9.76. The molecular weight excluding hydrogens is 189 g/mol. The van der Waals surface area contributed by atoms with Crippen molar-refractivity contribution in [2.75, 3.05) is 6.54 Å². The van der Waals surface area contributed by atoms with Gasteiger partial charge in [-0.3, -0.25) is 0 Å². The lowest BCUT2D eigenvalue weighted by Crippen LogP contribution is -2.05. The summed E-state index contributed by atoms with van der Waals surface area (Å²) in [5.74, 6) is 0.563. The van der Waals surface area contributed by atoms with Gasteiger partial charge < -0.3 is 5.73 Å². The van der Waals surface area contributed by atoms with Crippen LogP contribution in [0, 0.1) is 5.82 Å². The van der Waals surface area contributed by atoms with E-state index >= 15 is 0 Å². The van der Waals surface area contributed by atoms with E-state index in [0.717, 1.165) is 17.5 Å². The Morgan fingerprint density at radius 3 is 2.27 bits per heavy atom. The summed E-state index contributed by atoms with van der Waals surface area (Å²) >= 11 is 0. The van der Waals surface area contributed by atoms with Crippen LogP contribution in [0.2, 0.25) is 0 Å². The Morgan fingerprint density at radius 1 is 1.13 bits per heavy atom. The number of rotatable bonds is 4. The summed E-state index contributed by atoms with van der Waals surface area (Å²) in [5.41, 5.74) is 7.63. The second kappa shape index (κ2) is 5.26. The smallest absolute Gasteiger partial charge is 0.123 e. The van der Waals surface area contributed by atoms with Gasteiger partial charge in [0.15, 0.2) is 0 Å². The minimum atomic E-state index is -0.139. The molecule has 2 heteroatoms. The van der Waals surface area contributed by atoms with Crippen molar-refractivity contribution in [3.63, 3.8) is 0 Å². The van der Waals surface area contributed by atoms with Crippen molar-refractivity contribution in [1.82, 2.24) is 0 Å². The molecule has 2 N–H and O–H groups in total. The van der Waals surface area contributed by atoms with Crippen LogP contribution in [0.1, 0.15) is 50.2 Å². The molecule has 0 aliphatic carbocycles. The lowest BCUT2D eigenvalue weighted by Gasteiger charge is -2.14. The Bertz CT molecular complexity index is 320. The van der Waals surface area contributed by atoms with Gasteiger partial charge in [0, 0.05) is 0 Å². The lowest BCUT2D eigenvalue weighted by atomic mass is 9.93. The molecule has 0 saturated heterocycles. The average molecular weight is 209 g/mol. The van der Waals surface area contributed by atoms with Crippen LogP contribution in [-0.2, 0) is 0 Å². The van der Waals surface area contributed by atoms with Gasteiger partial charge in [-0.2, -0.15) is 0 Å². The molecule has 1 aromatic rings. The molecular formula is C13H20FN. The standard InChI is InChI=1S/C13H20FN/c1-9(2)11-6-12(8-13(14)7-11)10(3)4-5-15/h6-10H,4-5,15H2,1-3H3. The van der Waals surface area contributed by atoms with E-state index in [4.69, 9.17) is 5.73 Å². The third-order valence-corrected chi connectivity index (χ3v) is 2.78. The second-order valence-corrected chi connectivity index (χ2v) is 4.45. The topological polar surface area (TPSA) is 26.0 Å². The highest BCUT2D eigenvalue weighted by molar-refractivity contribution is 5.29.